The normalized spacial score (nSPS) is 17.5. The van der Waals surface area contributed by atoms with E-state index in [1.54, 1.807) is 0 Å². The zero-order chi connectivity index (χ0) is 41.4. The molecule has 0 aromatic heterocycles. The molecule has 2 saturated heterocycles. The summed E-state index contributed by atoms with van der Waals surface area (Å²) in [7, 11) is 0. The molecule has 0 radical (unpaired) electrons. The number of fused-ring (bicyclic) bond motifs is 1. The van der Waals surface area contributed by atoms with Crippen LogP contribution in [0.5, 0.6) is 0 Å². The van der Waals surface area contributed by atoms with Gasteiger partial charge in [-0.2, -0.15) is 11.8 Å². The first-order valence-electron chi connectivity index (χ1n) is 20.7. The number of hydrogen-bond acceptors (Lipinski definition) is 12. The predicted octanol–water partition coefficient (Wildman–Crippen LogP) is 1.57. The van der Waals surface area contributed by atoms with Gasteiger partial charge in [0.2, 0.25) is 23.6 Å². The highest BCUT2D eigenvalue weighted by Crippen LogP contribution is 2.33. The minimum absolute atomic E-state index is 0.0117. The van der Waals surface area contributed by atoms with Crippen LogP contribution in [0.3, 0.4) is 0 Å². The van der Waals surface area contributed by atoms with Gasteiger partial charge in [-0.25, -0.2) is 4.79 Å². The quantitative estimate of drug-likeness (QED) is 0.0206. The minimum Gasteiger partial charge on any atom is -0.461 e. The Kier molecular flexibility index (Phi) is 28.3. The first-order valence-corrected chi connectivity index (χ1v) is 21.8. The SMILES string of the molecule is C=CCOC(=O)CCCCCNC(=O)CCC(=O)NC(CCCCN)C(=O)NCCCOCCOCCOCCCNC(=O)CCCC[C@@H]1SC[C@@H]2NC(=O)N[C@@H]21. The van der Waals surface area contributed by atoms with Crippen LogP contribution in [0.4, 0.5) is 4.79 Å². The van der Waals surface area contributed by atoms with E-state index in [0.717, 1.165) is 44.3 Å². The number of esters is 1. The second-order valence-electron chi connectivity index (χ2n) is 14.1. The van der Waals surface area contributed by atoms with Gasteiger partial charge >= 0.3 is 12.0 Å². The van der Waals surface area contributed by atoms with Crippen molar-refractivity contribution in [1.29, 1.82) is 0 Å². The van der Waals surface area contributed by atoms with Crippen LogP contribution in [0.2, 0.25) is 0 Å². The van der Waals surface area contributed by atoms with Gasteiger partial charge in [0.25, 0.3) is 0 Å². The van der Waals surface area contributed by atoms with Gasteiger partial charge in [-0.1, -0.05) is 25.5 Å². The van der Waals surface area contributed by atoms with Gasteiger partial charge in [0.05, 0.1) is 38.5 Å². The van der Waals surface area contributed by atoms with Crippen molar-refractivity contribution in [3.8, 4) is 0 Å². The van der Waals surface area contributed by atoms with E-state index in [-0.39, 0.29) is 67.2 Å². The van der Waals surface area contributed by atoms with Crippen molar-refractivity contribution in [2.24, 2.45) is 5.73 Å². The molecule has 8 N–H and O–H groups in total. The molecular weight excluding hydrogens is 759 g/mol. The van der Waals surface area contributed by atoms with Crippen LogP contribution in [0.15, 0.2) is 12.7 Å². The Hall–Kier alpha value is -3.45. The number of amides is 6. The standard InChI is InChI=1S/C39H69N7O10S/c1-2-22-56-36(50)15-4-3-9-19-41-34(48)16-17-35(49)44-30(12-7-8-18-40)38(51)43-21-11-24-54-26-28-55-27-25-53-23-10-20-42-33(47)14-6-5-13-32-37-31(29-57-32)45-39(52)46-37/h2,30-32,37H,1,3-29,40H2,(H,41,48)(H,42,47)(H,43,51)(H,44,49)(H2,45,46,52)/t30?,31-,32-,37-/m0/s1. The Balaban J connectivity index is 1.39. The zero-order valence-electron chi connectivity index (χ0n) is 33.8. The lowest BCUT2D eigenvalue weighted by atomic mass is 10.0. The first kappa shape index (κ1) is 49.7. The lowest BCUT2D eigenvalue weighted by Crippen LogP contribution is -2.47. The Morgan fingerprint density at radius 2 is 1.37 bits per heavy atom. The van der Waals surface area contributed by atoms with Crippen molar-refractivity contribution < 1.29 is 47.7 Å². The van der Waals surface area contributed by atoms with Crippen LogP contribution in [0.1, 0.15) is 96.3 Å². The summed E-state index contributed by atoms with van der Waals surface area (Å²) in [6.45, 7) is 8.28. The van der Waals surface area contributed by atoms with E-state index in [1.165, 1.54) is 6.08 Å². The zero-order valence-corrected chi connectivity index (χ0v) is 34.6. The molecule has 0 spiro atoms. The maximum atomic E-state index is 12.8. The van der Waals surface area contributed by atoms with Crippen molar-refractivity contribution in [2.45, 2.75) is 120 Å². The Labute approximate surface area is 342 Å². The monoisotopic (exact) mass is 827 g/mol. The molecule has 18 heteroatoms. The molecule has 6 amide bonds. The van der Waals surface area contributed by atoms with E-state index in [4.69, 9.17) is 24.7 Å². The smallest absolute Gasteiger partial charge is 0.315 e. The number of carbonyl (C=O) groups excluding carboxylic acids is 6. The van der Waals surface area contributed by atoms with E-state index >= 15 is 0 Å². The number of thioether (sulfide) groups is 1. The number of nitrogens with two attached hydrogens (primary N) is 1. The topological polar surface area (TPSA) is 238 Å². The molecule has 0 bridgehead atoms. The van der Waals surface area contributed by atoms with Crippen molar-refractivity contribution >= 4 is 47.4 Å². The minimum atomic E-state index is -0.714. The molecule has 0 aromatic carbocycles. The van der Waals surface area contributed by atoms with Gasteiger partial charge < -0.3 is 56.6 Å². The molecular formula is C39H69N7O10S. The summed E-state index contributed by atoms with van der Waals surface area (Å²) in [5.41, 5.74) is 5.61. The fraction of sp³-hybridized carbons (Fsp3) is 0.795. The van der Waals surface area contributed by atoms with E-state index in [0.29, 0.717) is 116 Å². The molecule has 2 aliphatic heterocycles. The number of unbranched alkanes of at least 4 members (excludes halogenated alkanes) is 4. The number of ether oxygens (including phenoxy) is 4. The fourth-order valence-corrected chi connectivity index (χ4v) is 7.73. The third-order valence-corrected chi connectivity index (χ3v) is 10.8. The average molecular weight is 828 g/mol. The molecule has 2 fully saturated rings. The van der Waals surface area contributed by atoms with Gasteiger partial charge in [0, 0.05) is 69.5 Å². The van der Waals surface area contributed by atoms with Crippen LogP contribution >= 0.6 is 11.8 Å². The first-order chi connectivity index (χ1) is 27.7. The summed E-state index contributed by atoms with van der Waals surface area (Å²) >= 11 is 1.89. The van der Waals surface area contributed by atoms with Crippen molar-refractivity contribution in [2.75, 3.05) is 78.2 Å². The molecule has 17 nitrogen and oxygen atoms in total. The predicted molar refractivity (Wildman–Crippen MR) is 218 cm³/mol. The number of nitrogens with one attached hydrogen (secondary N) is 6. The molecule has 0 aromatic rings. The van der Waals surface area contributed by atoms with Crippen LogP contribution in [-0.2, 0) is 42.9 Å². The molecule has 2 rings (SSSR count). The van der Waals surface area contributed by atoms with Crippen LogP contribution in [0.25, 0.3) is 0 Å². The molecule has 1 unspecified atom stereocenters. The molecule has 0 saturated carbocycles. The largest absolute Gasteiger partial charge is 0.461 e. The molecule has 57 heavy (non-hydrogen) atoms. The summed E-state index contributed by atoms with van der Waals surface area (Å²) in [5, 5.41) is 17.7. The van der Waals surface area contributed by atoms with Crippen LogP contribution in [-0.4, -0.2) is 137 Å². The third-order valence-electron chi connectivity index (χ3n) is 9.30. The van der Waals surface area contributed by atoms with Crippen molar-refractivity contribution in [3.63, 3.8) is 0 Å². The fourth-order valence-electron chi connectivity index (χ4n) is 6.18. The molecule has 2 aliphatic rings. The van der Waals surface area contributed by atoms with E-state index in [2.05, 4.69) is 38.5 Å². The van der Waals surface area contributed by atoms with E-state index in [1.807, 2.05) is 11.8 Å². The van der Waals surface area contributed by atoms with Gasteiger partial charge in [-0.3, -0.25) is 24.0 Å². The highest BCUT2D eigenvalue weighted by Gasteiger charge is 2.42. The van der Waals surface area contributed by atoms with Crippen LogP contribution < -0.4 is 37.6 Å². The summed E-state index contributed by atoms with van der Waals surface area (Å²) in [6, 6.07) is -0.344. The average Bonchev–Trinajstić information content (AvgIpc) is 3.76. The second-order valence-corrected chi connectivity index (χ2v) is 15.4. The maximum absolute atomic E-state index is 12.8. The summed E-state index contributed by atoms with van der Waals surface area (Å²) < 4.78 is 21.6. The van der Waals surface area contributed by atoms with Crippen LogP contribution in [0, 0.1) is 0 Å². The number of urea groups is 1. The molecule has 326 valence electrons. The third kappa shape index (κ3) is 24.8. The van der Waals surface area contributed by atoms with Crippen molar-refractivity contribution in [1.82, 2.24) is 31.9 Å². The number of carbonyl (C=O) groups is 6. The lowest BCUT2D eigenvalue weighted by Gasteiger charge is -2.18. The molecule has 0 aliphatic carbocycles. The van der Waals surface area contributed by atoms with E-state index < -0.39 is 6.04 Å². The maximum Gasteiger partial charge on any atom is 0.315 e. The Morgan fingerprint density at radius 3 is 2.07 bits per heavy atom. The second kappa shape index (κ2) is 32.5. The molecule has 4 atom stereocenters. The van der Waals surface area contributed by atoms with Gasteiger partial charge in [-0.05, 0) is 64.3 Å². The van der Waals surface area contributed by atoms with Gasteiger partial charge in [0.1, 0.15) is 12.6 Å². The highest BCUT2D eigenvalue weighted by molar-refractivity contribution is 8.00. The molecule has 2 heterocycles. The summed E-state index contributed by atoms with van der Waals surface area (Å²) in [4.78, 5) is 72.6. The lowest BCUT2D eigenvalue weighted by molar-refractivity contribution is -0.142. The van der Waals surface area contributed by atoms with E-state index in [9.17, 15) is 28.8 Å². The highest BCUT2D eigenvalue weighted by atomic mass is 32.2. The van der Waals surface area contributed by atoms with Gasteiger partial charge in [0.15, 0.2) is 0 Å². The Morgan fingerprint density at radius 1 is 0.737 bits per heavy atom. The Bertz CT molecular complexity index is 1200. The summed E-state index contributed by atoms with van der Waals surface area (Å²) in [6.07, 6.45) is 10.4. The number of hydrogen-bond donors (Lipinski definition) is 7. The summed E-state index contributed by atoms with van der Waals surface area (Å²) in [5.74, 6) is -0.169. The van der Waals surface area contributed by atoms with Crippen molar-refractivity contribution in [3.05, 3.63) is 12.7 Å². The van der Waals surface area contributed by atoms with Gasteiger partial charge in [-0.15, -0.1) is 0 Å². The number of rotatable bonds is 36.